The number of nitrogens with one attached hydrogen (secondary N) is 1. The molecule has 2 unspecified atom stereocenters. The van der Waals surface area contributed by atoms with Gasteiger partial charge in [-0.2, -0.15) is 0 Å². The number of hydrogen-bond donors (Lipinski definition) is 2. The second kappa shape index (κ2) is 4.45. The molecule has 6 heteroatoms. The number of hydrogen-bond acceptors (Lipinski definition) is 4. The number of aliphatic hydroxyl groups is 1. The first-order valence-corrected chi connectivity index (χ1v) is 5.78. The molecular formula is C12H16N2O4. The number of amides is 3. The second-order valence-corrected chi connectivity index (χ2v) is 4.74. The maximum atomic E-state index is 12.3. The highest BCUT2D eigenvalue weighted by Gasteiger charge is 2.50. The van der Waals surface area contributed by atoms with E-state index in [0.717, 1.165) is 4.90 Å². The number of carbonyl (C=O) groups is 2. The minimum Gasteiger partial charge on any atom is -0.466 e. The number of carbonyl (C=O) groups excluding carboxylic acids is 2. The summed E-state index contributed by atoms with van der Waals surface area (Å²) in [5, 5.41) is 11.6. The average molecular weight is 252 g/mol. The van der Waals surface area contributed by atoms with Crippen LogP contribution in [0, 0.1) is 5.92 Å². The van der Waals surface area contributed by atoms with Crippen LogP contribution in [0.3, 0.4) is 0 Å². The lowest BCUT2D eigenvalue weighted by molar-refractivity contribution is -0.132. The van der Waals surface area contributed by atoms with Crippen molar-refractivity contribution in [3.63, 3.8) is 0 Å². The van der Waals surface area contributed by atoms with Crippen molar-refractivity contribution in [3.05, 3.63) is 24.2 Å². The smallest absolute Gasteiger partial charge is 0.325 e. The first-order valence-electron chi connectivity index (χ1n) is 5.78. The van der Waals surface area contributed by atoms with E-state index >= 15 is 0 Å². The van der Waals surface area contributed by atoms with Crippen LogP contribution < -0.4 is 5.32 Å². The number of urea groups is 1. The van der Waals surface area contributed by atoms with E-state index in [0.29, 0.717) is 5.76 Å². The largest absolute Gasteiger partial charge is 0.466 e. The molecule has 1 aromatic heterocycles. The third-order valence-electron chi connectivity index (χ3n) is 3.09. The molecule has 0 saturated carbocycles. The van der Waals surface area contributed by atoms with Gasteiger partial charge in [0.25, 0.3) is 5.91 Å². The molecule has 1 aliphatic rings. The van der Waals surface area contributed by atoms with Crippen LogP contribution in [0.25, 0.3) is 0 Å². The Labute approximate surface area is 105 Å². The van der Waals surface area contributed by atoms with Crippen LogP contribution in [0.5, 0.6) is 0 Å². The summed E-state index contributed by atoms with van der Waals surface area (Å²) >= 11 is 0. The van der Waals surface area contributed by atoms with Gasteiger partial charge in [-0.15, -0.1) is 0 Å². The predicted octanol–water partition coefficient (Wildman–Crippen LogP) is 0.675. The van der Waals surface area contributed by atoms with Crippen LogP contribution in [-0.4, -0.2) is 35.1 Å². The first-order chi connectivity index (χ1) is 8.49. The van der Waals surface area contributed by atoms with E-state index in [-0.39, 0.29) is 25.0 Å². The van der Waals surface area contributed by atoms with Crippen molar-refractivity contribution in [2.45, 2.75) is 19.4 Å². The number of furan rings is 1. The molecule has 0 radical (unpaired) electrons. The summed E-state index contributed by atoms with van der Waals surface area (Å²) in [6, 6.07) is 2.86. The fraction of sp³-hybridized carbons (Fsp3) is 0.500. The topological polar surface area (TPSA) is 82.8 Å². The van der Waals surface area contributed by atoms with Gasteiger partial charge in [0, 0.05) is 13.2 Å². The molecule has 3 amide bonds. The van der Waals surface area contributed by atoms with Crippen LogP contribution in [-0.2, 0) is 10.3 Å². The normalized spacial score (nSPS) is 25.4. The molecule has 2 atom stereocenters. The predicted molar refractivity (Wildman–Crippen MR) is 62.6 cm³/mol. The third-order valence-corrected chi connectivity index (χ3v) is 3.09. The Morgan fingerprint density at radius 2 is 2.28 bits per heavy atom. The Kier molecular flexibility index (Phi) is 3.13. The zero-order valence-corrected chi connectivity index (χ0v) is 10.3. The highest BCUT2D eigenvalue weighted by Crippen LogP contribution is 2.29. The van der Waals surface area contributed by atoms with E-state index in [1.54, 1.807) is 26.0 Å². The van der Waals surface area contributed by atoms with Gasteiger partial charge < -0.3 is 14.8 Å². The van der Waals surface area contributed by atoms with E-state index in [9.17, 15) is 9.59 Å². The van der Waals surface area contributed by atoms with Crippen molar-refractivity contribution < 1.29 is 19.1 Å². The molecule has 6 nitrogen and oxygen atoms in total. The molecule has 1 aliphatic heterocycles. The maximum absolute atomic E-state index is 12.3. The van der Waals surface area contributed by atoms with Gasteiger partial charge in [0.2, 0.25) is 0 Å². The van der Waals surface area contributed by atoms with Crippen molar-refractivity contribution in [3.8, 4) is 0 Å². The van der Waals surface area contributed by atoms with Crippen LogP contribution >= 0.6 is 0 Å². The summed E-state index contributed by atoms with van der Waals surface area (Å²) in [5.41, 5.74) is -1.16. The molecule has 1 saturated heterocycles. The highest BCUT2D eigenvalue weighted by atomic mass is 16.3. The Balaban J connectivity index is 2.24. The molecule has 0 bridgehead atoms. The summed E-state index contributed by atoms with van der Waals surface area (Å²) in [4.78, 5) is 25.2. The van der Waals surface area contributed by atoms with E-state index in [1.165, 1.54) is 6.26 Å². The van der Waals surface area contributed by atoms with Crippen LogP contribution in [0.4, 0.5) is 4.79 Å². The molecule has 2 N–H and O–H groups in total. The molecule has 98 valence electrons. The summed E-state index contributed by atoms with van der Waals surface area (Å²) < 4.78 is 5.21. The molecule has 18 heavy (non-hydrogen) atoms. The molecule has 2 heterocycles. The molecule has 1 aromatic rings. The maximum Gasteiger partial charge on any atom is 0.325 e. The molecule has 0 aliphatic carbocycles. The Bertz CT molecular complexity index is 457. The fourth-order valence-corrected chi connectivity index (χ4v) is 1.96. The Morgan fingerprint density at radius 1 is 1.56 bits per heavy atom. The van der Waals surface area contributed by atoms with Gasteiger partial charge in [0.15, 0.2) is 5.54 Å². The van der Waals surface area contributed by atoms with Gasteiger partial charge in [-0.1, -0.05) is 6.92 Å². The molecule has 2 rings (SSSR count). The summed E-state index contributed by atoms with van der Waals surface area (Å²) in [5.74, 6) is -0.110. The Morgan fingerprint density at radius 3 is 2.83 bits per heavy atom. The van der Waals surface area contributed by atoms with Crippen molar-refractivity contribution in [1.82, 2.24) is 10.2 Å². The zero-order chi connectivity index (χ0) is 13.3. The van der Waals surface area contributed by atoms with Gasteiger partial charge in [-0.3, -0.25) is 9.69 Å². The zero-order valence-electron chi connectivity index (χ0n) is 10.3. The summed E-state index contributed by atoms with van der Waals surface area (Å²) in [6.07, 6.45) is 1.46. The second-order valence-electron chi connectivity index (χ2n) is 4.74. The average Bonchev–Trinajstić information content (AvgIpc) is 2.93. The quantitative estimate of drug-likeness (QED) is 0.772. The molecule has 0 spiro atoms. The number of imide groups is 1. The SMILES string of the molecule is CC(CO)CN1C(=O)NC(C)(c2ccco2)C1=O. The van der Waals surface area contributed by atoms with E-state index < -0.39 is 11.6 Å². The summed E-state index contributed by atoms with van der Waals surface area (Å²) in [6.45, 7) is 3.49. The fourth-order valence-electron chi connectivity index (χ4n) is 1.96. The monoisotopic (exact) mass is 252 g/mol. The minimum absolute atomic E-state index is 0.0749. The highest BCUT2D eigenvalue weighted by molar-refractivity contribution is 6.06. The van der Waals surface area contributed by atoms with Crippen LogP contribution in [0.2, 0.25) is 0 Å². The van der Waals surface area contributed by atoms with Gasteiger partial charge in [0.1, 0.15) is 5.76 Å². The lowest BCUT2D eigenvalue weighted by atomic mass is 9.99. The lowest BCUT2D eigenvalue weighted by Crippen LogP contribution is -2.41. The summed E-state index contributed by atoms with van der Waals surface area (Å²) in [7, 11) is 0. The van der Waals surface area contributed by atoms with Gasteiger partial charge in [-0.25, -0.2) is 4.79 Å². The number of nitrogens with zero attached hydrogens (tertiary/aromatic N) is 1. The van der Waals surface area contributed by atoms with E-state index in [1.807, 2.05) is 0 Å². The number of aliphatic hydroxyl groups excluding tert-OH is 1. The van der Waals surface area contributed by atoms with Crippen molar-refractivity contribution in [1.29, 1.82) is 0 Å². The minimum atomic E-state index is -1.16. The standard InChI is InChI=1S/C12H16N2O4/c1-8(7-15)6-14-10(16)12(2,13-11(14)17)9-4-3-5-18-9/h3-5,8,15H,6-7H2,1-2H3,(H,13,17). The van der Waals surface area contributed by atoms with Gasteiger partial charge in [-0.05, 0) is 25.0 Å². The van der Waals surface area contributed by atoms with Gasteiger partial charge in [0.05, 0.1) is 6.26 Å². The lowest BCUT2D eigenvalue weighted by Gasteiger charge is -2.20. The van der Waals surface area contributed by atoms with Crippen LogP contribution in [0.15, 0.2) is 22.8 Å². The van der Waals surface area contributed by atoms with E-state index in [2.05, 4.69) is 5.32 Å². The van der Waals surface area contributed by atoms with Crippen molar-refractivity contribution in [2.24, 2.45) is 5.92 Å². The third kappa shape index (κ3) is 1.88. The Hall–Kier alpha value is -1.82. The van der Waals surface area contributed by atoms with Gasteiger partial charge >= 0.3 is 6.03 Å². The van der Waals surface area contributed by atoms with E-state index in [4.69, 9.17) is 9.52 Å². The van der Waals surface area contributed by atoms with Crippen molar-refractivity contribution >= 4 is 11.9 Å². The molecular weight excluding hydrogens is 236 g/mol. The molecule has 0 aromatic carbocycles. The first kappa shape index (κ1) is 12.6. The molecule has 1 fully saturated rings. The van der Waals surface area contributed by atoms with Crippen molar-refractivity contribution in [2.75, 3.05) is 13.2 Å². The number of rotatable bonds is 4. The van der Waals surface area contributed by atoms with Crippen LogP contribution in [0.1, 0.15) is 19.6 Å².